The van der Waals surface area contributed by atoms with Crippen LogP contribution in [0.5, 0.6) is 11.5 Å². The standard InChI is InChI=1S/C20H28N4O3/c1-4-21-20(23-12-10-15-7-5-6-11-22-15)24-14-18(25)17-13-16(26-2)8-9-19(17)27-3/h5-9,11,13,18,25H,4,10,12,14H2,1-3H3,(H2,21,23,24). The molecule has 27 heavy (non-hydrogen) atoms. The van der Waals surface area contributed by atoms with E-state index in [9.17, 15) is 5.11 Å². The maximum atomic E-state index is 10.6. The SMILES string of the molecule is CCNC(=NCC(O)c1cc(OC)ccc1OC)NCCc1ccccn1. The highest BCUT2D eigenvalue weighted by atomic mass is 16.5. The van der Waals surface area contributed by atoms with E-state index in [2.05, 4.69) is 20.6 Å². The van der Waals surface area contributed by atoms with Crippen molar-refractivity contribution in [2.24, 2.45) is 4.99 Å². The molecule has 0 aliphatic rings. The number of nitrogens with one attached hydrogen (secondary N) is 2. The fraction of sp³-hybridized carbons (Fsp3) is 0.400. The number of hydrogen-bond acceptors (Lipinski definition) is 5. The minimum absolute atomic E-state index is 0.197. The van der Waals surface area contributed by atoms with Gasteiger partial charge in [0.05, 0.1) is 20.8 Å². The summed E-state index contributed by atoms with van der Waals surface area (Å²) in [5.74, 6) is 1.91. The second-order valence-corrected chi connectivity index (χ2v) is 5.84. The van der Waals surface area contributed by atoms with Crippen molar-refractivity contribution in [1.82, 2.24) is 15.6 Å². The van der Waals surface area contributed by atoms with Gasteiger partial charge in [-0.2, -0.15) is 0 Å². The fourth-order valence-electron chi connectivity index (χ4n) is 2.57. The zero-order valence-corrected chi connectivity index (χ0v) is 16.1. The number of hydrogen-bond donors (Lipinski definition) is 3. The molecule has 0 bridgehead atoms. The predicted octanol–water partition coefficient (Wildman–Crippen LogP) is 1.93. The zero-order chi connectivity index (χ0) is 19.5. The molecule has 0 saturated heterocycles. The van der Waals surface area contributed by atoms with Gasteiger partial charge in [0.2, 0.25) is 0 Å². The Kier molecular flexibility index (Phi) is 8.38. The molecule has 3 N–H and O–H groups in total. The quantitative estimate of drug-likeness (QED) is 0.460. The van der Waals surface area contributed by atoms with E-state index in [-0.39, 0.29) is 6.54 Å². The molecular formula is C20H28N4O3. The number of aliphatic hydroxyl groups is 1. The summed E-state index contributed by atoms with van der Waals surface area (Å²) >= 11 is 0. The third kappa shape index (κ3) is 6.45. The van der Waals surface area contributed by atoms with E-state index in [0.29, 0.717) is 29.6 Å². The molecule has 1 aromatic heterocycles. The van der Waals surface area contributed by atoms with Gasteiger partial charge in [-0.15, -0.1) is 0 Å². The van der Waals surface area contributed by atoms with Gasteiger partial charge >= 0.3 is 0 Å². The van der Waals surface area contributed by atoms with Crippen molar-refractivity contribution in [2.45, 2.75) is 19.4 Å². The third-order valence-electron chi connectivity index (χ3n) is 3.96. The van der Waals surface area contributed by atoms with Crippen LogP contribution in [-0.2, 0) is 6.42 Å². The monoisotopic (exact) mass is 372 g/mol. The number of rotatable bonds is 9. The largest absolute Gasteiger partial charge is 0.497 e. The van der Waals surface area contributed by atoms with E-state index in [1.807, 2.05) is 25.1 Å². The molecule has 0 aliphatic carbocycles. The third-order valence-corrected chi connectivity index (χ3v) is 3.96. The first-order chi connectivity index (χ1) is 13.2. The molecule has 0 spiro atoms. The average Bonchev–Trinajstić information content (AvgIpc) is 2.72. The number of nitrogens with zero attached hydrogens (tertiary/aromatic N) is 2. The first-order valence-corrected chi connectivity index (χ1v) is 9.00. The van der Waals surface area contributed by atoms with Gasteiger partial charge in [0.1, 0.15) is 17.6 Å². The van der Waals surface area contributed by atoms with Gasteiger partial charge < -0.3 is 25.2 Å². The van der Waals surface area contributed by atoms with Gasteiger partial charge in [-0.25, -0.2) is 0 Å². The van der Waals surface area contributed by atoms with E-state index in [1.54, 1.807) is 38.6 Å². The Hall–Kier alpha value is -2.80. The van der Waals surface area contributed by atoms with Crippen LogP contribution >= 0.6 is 0 Å². The van der Waals surface area contributed by atoms with Crippen LogP contribution in [0.15, 0.2) is 47.6 Å². The van der Waals surface area contributed by atoms with Crippen molar-refractivity contribution < 1.29 is 14.6 Å². The number of aromatic nitrogens is 1. The summed E-state index contributed by atoms with van der Waals surface area (Å²) in [4.78, 5) is 8.78. The summed E-state index contributed by atoms with van der Waals surface area (Å²) in [6.45, 7) is 3.62. The fourth-order valence-corrected chi connectivity index (χ4v) is 2.57. The maximum absolute atomic E-state index is 10.6. The molecule has 1 aromatic carbocycles. The number of benzene rings is 1. The van der Waals surface area contributed by atoms with Crippen LogP contribution in [0, 0.1) is 0 Å². The minimum atomic E-state index is -0.804. The first kappa shape index (κ1) is 20.5. The van der Waals surface area contributed by atoms with Crippen molar-refractivity contribution >= 4 is 5.96 Å². The van der Waals surface area contributed by atoms with Crippen molar-refractivity contribution in [3.63, 3.8) is 0 Å². The molecule has 2 rings (SSSR count). The Balaban J connectivity index is 1.98. The van der Waals surface area contributed by atoms with E-state index in [1.165, 1.54) is 0 Å². The Morgan fingerprint density at radius 2 is 2.04 bits per heavy atom. The molecule has 1 unspecified atom stereocenters. The molecule has 0 fully saturated rings. The summed E-state index contributed by atoms with van der Waals surface area (Å²) in [6, 6.07) is 11.2. The second kappa shape index (κ2) is 11.0. The Morgan fingerprint density at radius 1 is 1.19 bits per heavy atom. The molecule has 0 radical (unpaired) electrons. The summed E-state index contributed by atoms with van der Waals surface area (Å²) < 4.78 is 10.6. The van der Waals surface area contributed by atoms with Crippen LogP contribution < -0.4 is 20.1 Å². The van der Waals surface area contributed by atoms with Crippen molar-refractivity contribution in [3.8, 4) is 11.5 Å². The summed E-state index contributed by atoms with van der Waals surface area (Å²) in [5, 5.41) is 17.0. The van der Waals surface area contributed by atoms with Crippen molar-refractivity contribution in [1.29, 1.82) is 0 Å². The molecule has 1 heterocycles. The summed E-state index contributed by atoms with van der Waals surface area (Å²) in [5.41, 5.74) is 1.66. The van der Waals surface area contributed by atoms with E-state index >= 15 is 0 Å². The van der Waals surface area contributed by atoms with Gasteiger partial charge in [-0.1, -0.05) is 6.07 Å². The number of aliphatic hydroxyl groups excluding tert-OH is 1. The molecule has 2 aromatic rings. The minimum Gasteiger partial charge on any atom is -0.497 e. The number of pyridine rings is 1. The molecule has 0 aliphatic heterocycles. The Labute approximate surface area is 160 Å². The van der Waals surface area contributed by atoms with Gasteiger partial charge in [-0.05, 0) is 37.3 Å². The van der Waals surface area contributed by atoms with Crippen LogP contribution in [0.3, 0.4) is 0 Å². The molecule has 146 valence electrons. The van der Waals surface area contributed by atoms with Gasteiger partial charge in [0.25, 0.3) is 0 Å². The number of guanidine groups is 1. The lowest BCUT2D eigenvalue weighted by molar-refractivity contribution is 0.182. The first-order valence-electron chi connectivity index (χ1n) is 9.00. The normalized spacial score (nSPS) is 12.4. The molecule has 7 nitrogen and oxygen atoms in total. The summed E-state index contributed by atoms with van der Waals surface area (Å²) in [7, 11) is 3.16. The lowest BCUT2D eigenvalue weighted by Gasteiger charge is -2.16. The molecule has 0 amide bonds. The van der Waals surface area contributed by atoms with Gasteiger partial charge in [0.15, 0.2) is 5.96 Å². The highest BCUT2D eigenvalue weighted by Crippen LogP contribution is 2.29. The highest BCUT2D eigenvalue weighted by Gasteiger charge is 2.14. The average molecular weight is 372 g/mol. The highest BCUT2D eigenvalue weighted by molar-refractivity contribution is 5.79. The topological polar surface area (TPSA) is 88.0 Å². The van der Waals surface area contributed by atoms with Crippen molar-refractivity contribution in [2.75, 3.05) is 33.9 Å². The Morgan fingerprint density at radius 3 is 2.70 bits per heavy atom. The maximum Gasteiger partial charge on any atom is 0.191 e. The predicted molar refractivity (Wildman–Crippen MR) is 106 cm³/mol. The van der Waals surface area contributed by atoms with Crippen LogP contribution in [0.25, 0.3) is 0 Å². The zero-order valence-electron chi connectivity index (χ0n) is 16.1. The van der Waals surface area contributed by atoms with Gasteiger partial charge in [-0.3, -0.25) is 9.98 Å². The van der Waals surface area contributed by atoms with Crippen LogP contribution in [-0.4, -0.2) is 49.9 Å². The summed E-state index contributed by atoms with van der Waals surface area (Å²) in [6.07, 6.45) is 1.77. The lowest BCUT2D eigenvalue weighted by atomic mass is 10.1. The smallest absolute Gasteiger partial charge is 0.191 e. The van der Waals surface area contributed by atoms with Crippen LogP contribution in [0.4, 0.5) is 0 Å². The molecule has 0 saturated carbocycles. The number of aliphatic imine (C=N–C) groups is 1. The number of ether oxygens (including phenoxy) is 2. The van der Waals surface area contributed by atoms with Crippen LogP contribution in [0.2, 0.25) is 0 Å². The number of methoxy groups -OCH3 is 2. The Bertz CT molecular complexity index is 722. The second-order valence-electron chi connectivity index (χ2n) is 5.84. The van der Waals surface area contributed by atoms with E-state index in [0.717, 1.165) is 18.7 Å². The molecular weight excluding hydrogens is 344 g/mol. The molecule has 7 heteroatoms. The van der Waals surface area contributed by atoms with E-state index < -0.39 is 6.10 Å². The van der Waals surface area contributed by atoms with Crippen LogP contribution in [0.1, 0.15) is 24.3 Å². The van der Waals surface area contributed by atoms with Gasteiger partial charge in [0, 0.05) is 37.0 Å². The van der Waals surface area contributed by atoms with E-state index in [4.69, 9.17) is 9.47 Å². The van der Waals surface area contributed by atoms with Crippen molar-refractivity contribution in [3.05, 3.63) is 53.9 Å². The molecule has 1 atom stereocenters. The lowest BCUT2D eigenvalue weighted by Crippen LogP contribution is -2.38.